The average Bonchev–Trinajstić information content (AvgIpc) is 2.58. The van der Waals surface area contributed by atoms with Crippen molar-refractivity contribution < 1.29 is 9.90 Å². The summed E-state index contributed by atoms with van der Waals surface area (Å²) >= 11 is 0. The Hall–Kier alpha value is -1.89. The number of hydrogen-bond donors (Lipinski definition) is 3. The van der Waals surface area contributed by atoms with Crippen molar-refractivity contribution in [2.45, 2.75) is 39.3 Å². The number of H-pyrrole nitrogens is 1. The van der Waals surface area contributed by atoms with Gasteiger partial charge in [0.05, 0.1) is 6.54 Å². The maximum Gasteiger partial charge on any atom is 0.328 e. The fraction of sp³-hybridized carbons (Fsp3) is 0.583. The van der Waals surface area contributed by atoms with Gasteiger partial charge in [-0.1, -0.05) is 13.8 Å². The van der Waals surface area contributed by atoms with Gasteiger partial charge in [-0.15, -0.1) is 0 Å². The molecule has 1 aliphatic carbocycles. The van der Waals surface area contributed by atoms with Gasteiger partial charge in [-0.3, -0.25) is 14.2 Å². The molecule has 2 rings (SSSR count). The van der Waals surface area contributed by atoms with E-state index in [9.17, 15) is 14.4 Å². The van der Waals surface area contributed by atoms with Gasteiger partial charge in [0.25, 0.3) is 5.56 Å². The molecule has 0 aromatic carbocycles. The molecule has 19 heavy (non-hydrogen) atoms. The van der Waals surface area contributed by atoms with Crippen LogP contribution in [0.5, 0.6) is 0 Å². The molecule has 0 amide bonds. The zero-order valence-electron chi connectivity index (χ0n) is 10.9. The van der Waals surface area contributed by atoms with Crippen LogP contribution in [0.3, 0.4) is 0 Å². The van der Waals surface area contributed by atoms with Gasteiger partial charge in [0.15, 0.2) is 0 Å². The normalized spacial score (nSPS) is 18.1. The Bertz CT molecular complexity index is 641. The highest BCUT2D eigenvalue weighted by Gasteiger charge is 2.32. The van der Waals surface area contributed by atoms with Crippen molar-refractivity contribution in [3.05, 3.63) is 32.1 Å². The van der Waals surface area contributed by atoms with E-state index in [-0.39, 0.29) is 12.0 Å². The fourth-order valence-electron chi connectivity index (χ4n) is 2.45. The van der Waals surface area contributed by atoms with Crippen LogP contribution in [0.1, 0.15) is 25.1 Å². The molecule has 0 bridgehead atoms. The second kappa shape index (κ2) is 4.34. The third-order valence-electron chi connectivity index (χ3n) is 3.38. The lowest BCUT2D eigenvalue weighted by atomic mass is 9.91. The van der Waals surface area contributed by atoms with Gasteiger partial charge >= 0.3 is 11.7 Å². The highest BCUT2D eigenvalue weighted by molar-refractivity contribution is 5.72. The number of hydrogen-bond acceptors (Lipinski definition) is 4. The van der Waals surface area contributed by atoms with Crippen molar-refractivity contribution >= 4 is 5.97 Å². The van der Waals surface area contributed by atoms with Gasteiger partial charge in [-0.25, -0.2) is 4.79 Å². The number of aromatic nitrogens is 2. The smallest absolute Gasteiger partial charge is 0.328 e. The van der Waals surface area contributed by atoms with Crippen molar-refractivity contribution in [2.24, 2.45) is 11.1 Å². The number of nitrogens with two attached hydrogens (primary N) is 1. The molecule has 1 atom stereocenters. The predicted octanol–water partition coefficient (Wildman–Crippen LogP) is -0.927. The molecule has 7 heteroatoms. The predicted molar refractivity (Wildman–Crippen MR) is 68.1 cm³/mol. The summed E-state index contributed by atoms with van der Waals surface area (Å²) in [6, 6.07) is -1.27. The van der Waals surface area contributed by atoms with Gasteiger partial charge < -0.3 is 15.8 Å². The molecule has 0 radical (unpaired) electrons. The minimum atomic E-state index is -1.27. The molecule has 0 saturated carbocycles. The summed E-state index contributed by atoms with van der Waals surface area (Å²) in [7, 11) is 0. The molecule has 1 heterocycles. The van der Waals surface area contributed by atoms with Crippen LogP contribution in [0.15, 0.2) is 9.59 Å². The van der Waals surface area contributed by atoms with E-state index < -0.39 is 23.3 Å². The van der Waals surface area contributed by atoms with Crippen molar-refractivity contribution in [3.8, 4) is 0 Å². The van der Waals surface area contributed by atoms with E-state index in [0.29, 0.717) is 24.1 Å². The maximum absolute atomic E-state index is 12.2. The van der Waals surface area contributed by atoms with Crippen molar-refractivity contribution in [2.75, 3.05) is 0 Å². The van der Waals surface area contributed by atoms with Crippen LogP contribution in [-0.2, 0) is 24.2 Å². The molecular weight excluding hydrogens is 250 g/mol. The third kappa shape index (κ3) is 2.46. The van der Waals surface area contributed by atoms with Gasteiger partial charge in [0.1, 0.15) is 6.04 Å². The third-order valence-corrected chi connectivity index (χ3v) is 3.38. The molecule has 7 nitrogen and oxygen atoms in total. The molecular formula is C12H17N3O4. The molecule has 104 valence electrons. The Morgan fingerprint density at radius 1 is 1.47 bits per heavy atom. The SMILES string of the molecule is CC1(C)Cc2[nH]c(=O)n(C[C@H](N)C(=O)O)c(=O)c2C1. The topological polar surface area (TPSA) is 118 Å². The largest absolute Gasteiger partial charge is 0.480 e. The first-order valence-corrected chi connectivity index (χ1v) is 6.04. The summed E-state index contributed by atoms with van der Waals surface area (Å²) in [6.07, 6.45) is 1.21. The number of rotatable bonds is 3. The number of carboxylic acids is 1. The number of nitrogens with one attached hydrogen (secondary N) is 1. The Labute approximate surface area is 109 Å². The number of carbonyl (C=O) groups is 1. The van der Waals surface area contributed by atoms with E-state index in [1.54, 1.807) is 0 Å². The van der Waals surface area contributed by atoms with Gasteiger partial charge in [0.2, 0.25) is 0 Å². The molecule has 1 aromatic heterocycles. The standard InChI is InChI=1S/C12H17N3O4/c1-12(2)3-6-8(4-12)14-11(19)15(9(6)16)5-7(13)10(17)18/h7H,3-5,13H2,1-2H3,(H,14,19)(H,17,18)/t7-/m0/s1. The van der Waals surface area contributed by atoms with E-state index in [1.165, 1.54) is 0 Å². The summed E-state index contributed by atoms with van der Waals surface area (Å²) in [6.45, 7) is 3.70. The minimum Gasteiger partial charge on any atom is -0.480 e. The summed E-state index contributed by atoms with van der Waals surface area (Å²) < 4.78 is 0.874. The molecule has 1 aromatic rings. The first kappa shape index (κ1) is 13.5. The summed E-state index contributed by atoms with van der Waals surface area (Å²) in [5, 5.41) is 8.75. The lowest BCUT2D eigenvalue weighted by molar-refractivity contribution is -0.138. The molecule has 0 aliphatic heterocycles. The van der Waals surface area contributed by atoms with E-state index >= 15 is 0 Å². The average molecular weight is 267 g/mol. The number of nitrogens with zero attached hydrogens (tertiary/aromatic N) is 1. The second-order valence-electron chi connectivity index (χ2n) is 5.77. The monoisotopic (exact) mass is 267 g/mol. The number of fused-ring (bicyclic) bond motifs is 1. The fourth-order valence-corrected chi connectivity index (χ4v) is 2.45. The number of carboxylic acid groups (broad SMARTS) is 1. The Morgan fingerprint density at radius 2 is 2.11 bits per heavy atom. The number of aromatic amines is 1. The molecule has 0 spiro atoms. The van der Waals surface area contributed by atoms with Gasteiger partial charge in [0, 0.05) is 11.3 Å². The van der Waals surface area contributed by atoms with Gasteiger partial charge in [-0.2, -0.15) is 0 Å². The quantitative estimate of drug-likeness (QED) is 0.654. The van der Waals surface area contributed by atoms with E-state index in [4.69, 9.17) is 10.8 Å². The Kier molecular flexibility index (Phi) is 3.09. The van der Waals surface area contributed by atoms with Crippen LogP contribution in [-0.4, -0.2) is 26.7 Å². The highest BCUT2D eigenvalue weighted by Crippen LogP contribution is 2.32. The lowest BCUT2D eigenvalue weighted by Gasteiger charge is -2.14. The molecule has 0 saturated heterocycles. The number of aliphatic carboxylic acids is 1. The molecule has 4 N–H and O–H groups in total. The summed E-state index contributed by atoms with van der Waals surface area (Å²) in [5.41, 5.74) is 5.48. The van der Waals surface area contributed by atoms with E-state index in [1.807, 2.05) is 13.8 Å². The lowest BCUT2D eigenvalue weighted by Crippen LogP contribution is -2.45. The summed E-state index contributed by atoms with van der Waals surface area (Å²) in [4.78, 5) is 37.4. The van der Waals surface area contributed by atoms with E-state index in [2.05, 4.69) is 4.98 Å². The second-order valence-corrected chi connectivity index (χ2v) is 5.77. The van der Waals surface area contributed by atoms with Crippen LogP contribution in [0.25, 0.3) is 0 Å². The summed E-state index contributed by atoms with van der Waals surface area (Å²) in [5.74, 6) is -1.24. The molecule has 0 fully saturated rings. The van der Waals surface area contributed by atoms with Crippen LogP contribution >= 0.6 is 0 Å². The molecule has 0 unspecified atom stereocenters. The minimum absolute atomic E-state index is 0.0709. The van der Waals surface area contributed by atoms with Gasteiger partial charge in [-0.05, 0) is 18.3 Å². The van der Waals surface area contributed by atoms with Crippen LogP contribution in [0.4, 0.5) is 0 Å². The Balaban J connectivity index is 2.47. The first-order valence-electron chi connectivity index (χ1n) is 6.04. The van der Waals surface area contributed by atoms with Crippen molar-refractivity contribution in [1.29, 1.82) is 0 Å². The van der Waals surface area contributed by atoms with Crippen LogP contribution < -0.4 is 17.0 Å². The van der Waals surface area contributed by atoms with Crippen LogP contribution in [0, 0.1) is 5.41 Å². The Morgan fingerprint density at radius 3 is 2.68 bits per heavy atom. The van der Waals surface area contributed by atoms with Crippen molar-refractivity contribution in [3.63, 3.8) is 0 Å². The highest BCUT2D eigenvalue weighted by atomic mass is 16.4. The van der Waals surface area contributed by atoms with Crippen molar-refractivity contribution in [1.82, 2.24) is 9.55 Å². The van der Waals surface area contributed by atoms with Crippen LogP contribution in [0.2, 0.25) is 0 Å². The zero-order valence-corrected chi connectivity index (χ0v) is 10.9. The first-order chi connectivity index (χ1) is 8.71. The molecule has 1 aliphatic rings. The zero-order chi connectivity index (χ0) is 14.4. The maximum atomic E-state index is 12.2. The van der Waals surface area contributed by atoms with E-state index in [0.717, 1.165) is 4.57 Å².